The Morgan fingerprint density at radius 1 is 1.05 bits per heavy atom. The standard InChI is InChI=1S/C16H25F2N3/c1-16(2,3)21-7-5-20(6-8-21)15-13(17)9-12(11-19-4)10-14(15)18/h9-10,19H,5-8,11H2,1-4H3. The molecule has 5 heteroatoms. The molecule has 1 aliphatic rings. The summed E-state index contributed by atoms with van der Waals surface area (Å²) in [5.74, 6) is -0.936. The highest BCUT2D eigenvalue weighted by atomic mass is 19.1. The Balaban J connectivity index is 2.13. The van der Waals surface area contributed by atoms with E-state index in [2.05, 4.69) is 31.0 Å². The van der Waals surface area contributed by atoms with Crippen LogP contribution in [0.2, 0.25) is 0 Å². The Kier molecular flexibility index (Phi) is 4.84. The molecule has 21 heavy (non-hydrogen) atoms. The lowest BCUT2D eigenvalue weighted by Crippen LogP contribution is -2.53. The number of nitrogens with zero attached hydrogens (tertiary/aromatic N) is 2. The summed E-state index contributed by atoms with van der Waals surface area (Å²) >= 11 is 0. The molecular formula is C16H25F2N3. The van der Waals surface area contributed by atoms with Gasteiger partial charge >= 0.3 is 0 Å². The van der Waals surface area contributed by atoms with Crippen LogP contribution in [0.3, 0.4) is 0 Å². The number of benzene rings is 1. The van der Waals surface area contributed by atoms with E-state index in [1.807, 2.05) is 4.90 Å². The molecule has 0 spiro atoms. The highest BCUT2D eigenvalue weighted by Gasteiger charge is 2.28. The van der Waals surface area contributed by atoms with Gasteiger partial charge in [0, 0.05) is 38.3 Å². The number of hydrogen-bond donors (Lipinski definition) is 1. The number of halogens is 2. The molecule has 2 rings (SSSR count). The van der Waals surface area contributed by atoms with E-state index in [4.69, 9.17) is 0 Å². The minimum absolute atomic E-state index is 0.0971. The summed E-state index contributed by atoms with van der Waals surface area (Å²) in [7, 11) is 1.76. The first-order valence-electron chi connectivity index (χ1n) is 7.45. The molecule has 1 saturated heterocycles. The van der Waals surface area contributed by atoms with Gasteiger partial charge in [-0.1, -0.05) is 0 Å². The van der Waals surface area contributed by atoms with Gasteiger partial charge in [-0.25, -0.2) is 8.78 Å². The molecule has 0 aliphatic carbocycles. The average molecular weight is 297 g/mol. The summed E-state index contributed by atoms with van der Waals surface area (Å²) in [6, 6.07) is 2.84. The molecule has 0 amide bonds. The smallest absolute Gasteiger partial charge is 0.149 e. The third-order valence-electron chi connectivity index (χ3n) is 4.00. The van der Waals surface area contributed by atoms with E-state index in [1.165, 1.54) is 12.1 Å². The van der Waals surface area contributed by atoms with Crippen LogP contribution in [0.15, 0.2) is 12.1 Å². The fourth-order valence-electron chi connectivity index (χ4n) is 2.83. The molecular weight excluding hydrogens is 272 g/mol. The third kappa shape index (κ3) is 3.71. The van der Waals surface area contributed by atoms with Crippen molar-refractivity contribution in [1.29, 1.82) is 0 Å². The van der Waals surface area contributed by atoms with Crippen LogP contribution in [-0.4, -0.2) is 43.7 Å². The van der Waals surface area contributed by atoms with E-state index < -0.39 is 11.6 Å². The number of rotatable bonds is 3. The van der Waals surface area contributed by atoms with E-state index in [0.29, 0.717) is 25.2 Å². The second kappa shape index (κ2) is 6.28. The normalized spacial score (nSPS) is 17.3. The first kappa shape index (κ1) is 16.2. The van der Waals surface area contributed by atoms with Crippen molar-refractivity contribution < 1.29 is 8.78 Å². The van der Waals surface area contributed by atoms with Crippen molar-refractivity contribution in [3.63, 3.8) is 0 Å². The zero-order valence-electron chi connectivity index (χ0n) is 13.3. The van der Waals surface area contributed by atoms with Crippen molar-refractivity contribution in [2.45, 2.75) is 32.9 Å². The topological polar surface area (TPSA) is 18.5 Å². The van der Waals surface area contributed by atoms with Gasteiger partial charge in [0.05, 0.1) is 0 Å². The van der Waals surface area contributed by atoms with Crippen molar-refractivity contribution in [3.05, 3.63) is 29.3 Å². The summed E-state index contributed by atoms with van der Waals surface area (Å²) in [6.45, 7) is 9.89. The Morgan fingerprint density at radius 2 is 1.57 bits per heavy atom. The van der Waals surface area contributed by atoms with Gasteiger partial charge in [0.15, 0.2) is 0 Å². The van der Waals surface area contributed by atoms with E-state index in [0.717, 1.165) is 13.1 Å². The fourth-order valence-corrected chi connectivity index (χ4v) is 2.83. The van der Waals surface area contributed by atoms with Crippen molar-refractivity contribution >= 4 is 5.69 Å². The van der Waals surface area contributed by atoms with Crippen LogP contribution in [-0.2, 0) is 6.54 Å². The quantitative estimate of drug-likeness (QED) is 0.925. The van der Waals surface area contributed by atoms with Crippen LogP contribution in [0.4, 0.5) is 14.5 Å². The minimum Gasteiger partial charge on any atom is -0.364 e. The first-order valence-corrected chi connectivity index (χ1v) is 7.45. The number of anilines is 1. The first-order chi connectivity index (χ1) is 9.82. The summed E-state index contributed by atoms with van der Waals surface area (Å²) in [5.41, 5.74) is 0.841. The van der Waals surface area contributed by atoms with Crippen molar-refractivity contribution in [2.24, 2.45) is 0 Å². The summed E-state index contributed by atoms with van der Waals surface area (Å²) in [4.78, 5) is 4.16. The lowest BCUT2D eigenvalue weighted by atomic mass is 10.0. The lowest BCUT2D eigenvalue weighted by Gasteiger charge is -2.43. The van der Waals surface area contributed by atoms with E-state index in [9.17, 15) is 8.78 Å². The maximum absolute atomic E-state index is 14.2. The molecule has 0 bridgehead atoms. The number of hydrogen-bond acceptors (Lipinski definition) is 3. The zero-order chi connectivity index (χ0) is 15.6. The SMILES string of the molecule is CNCc1cc(F)c(N2CCN(C(C)(C)C)CC2)c(F)c1. The van der Waals surface area contributed by atoms with Crippen LogP contribution in [0.25, 0.3) is 0 Å². The minimum atomic E-state index is -0.468. The third-order valence-corrected chi connectivity index (χ3v) is 4.00. The second-order valence-electron chi connectivity index (χ2n) is 6.58. The fraction of sp³-hybridized carbons (Fsp3) is 0.625. The average Bonchev–Trinajstić information content (AvgIpc) is 2.38. The van der Waals surface area contributed by atoms with Gasteiger partial charge in [-0.05, 0) is 45.5 Å². The Bertz CT molecular complexity index is 466. The van der Waals surface area contributed by atoms with E-state index in [1.54, 1.807) is 7.05 Å². The highest BCUT2D eigenvalue weighted by molar-refractivity contribution is 5.51. The van der Waals surface area contributed by atoms with Gasteiger partial charge in [-0.2, -0.15) is 0 Å². The lowest BCUT2D eigenvalue weighted by molar-refractivity contribution is 0.128. The van der Waals surface area contributed by atoms with E-state index in [-0.39, 0.29) is 11.2 Å². The van der Waals surface area contributed by atoms with Crippen LogP contribution in [0, 0.1) is 11.6 Å². The molecule has 118 valence electrons. The van der Waals surface area contributed by atoms with Gasteiger partial charge in [0.2, 0.25) is 0 Å². The second-order valence-corrected chi connectivity index (χ2v) is 6.58. The largest absolute Gasteiger partial charge is 0.364 e. The van der Waals surface area contributed by atoms with Gasteiger partial charge in [0.25, 0.3) is 0 Å². The molecule has 1 aromatic carbocycles. The van der Waals surface area contributed by atoms with Crippen molar-refractivity contribution in [1.82, 2.24) is 10.2 Å². The molecule has 0 radical (unpaired) electrons. The molecule has 0 atom stereocenters. The molecule has 0 aromatic heterocycles. The number of nitrogens with one attached hydrogen (secondary N) is 1. The van der Waals surface area contributed by atoms with Crippen molar-refractivity contribution in [2.75, 3.05) is 38.1 Å². The molecule has 3 nitrogen and oxygen atoms in total. The molecule has 1 N–H and O–H groups in total. The number of piperazine rings is 1. The van der Waals surface area contributed by atoms with Crippen LogP contribution in [0.1, 0.15) is 26.3 Å². The summed E-state index contributed by atoms with van der Waals surface area (Å²) in [6.07, 6.45) is 0. The van der Waals surface area contributed by atoms with Gasteiger partial charge in [-0.3, -0.25) is 4.90 Å². The van der Waals surface area contributed by atoms with Crippen LogP contribution >= 0.6 is 0 Å². The maximum Gasteiger partial charge on any atom is 0.149 e. The molecule has 1 aromatic rings. The molecule has 1 fully saturated rings. The van der Waals surface area contributed by atoms with Crippen LogP contribution in [0.5, 0.6) is 0 Å². The Labute approximate surface area is 125 Å². The summed E-state index contributed by atoms with van der Waals surface area (Å²) < 4.78 is 28.5. The predicted octanol–water partition coefficient (Wildman–Crippen LogP) is 2.60. The highest BCUT2D eigenvalue weighted by Crippen LogP contribution is 2.27. The van der Waals surface area contributed by atoms with E-state index >= 15 is 0 Å². The molecule has 0 unspecified atom stereocenters. The molecule has 0 saturated carbocycles. The summed E-state index contributed by atoms with van der Waals surface area (Å²) in [5, 5.41) is 2.91. The van der Waals surface area contributed by atoms with Gasteiger partial charge in [0.1, 0.15) is 17.3 Å². The molecule has 1 heterocycles. The van der Waals surface area contributed by atoms with Crippen molar-refractivity contribution in [3.8, 4) is 0 Å². The monoisotopic (exact) mass is 297 g/mol. The Morgan fingerprint density at radius 3 is 2.00 bits per heavy atom. The van der Waals surface area contributed by atoms with Gasteiger partial charge < -0.3 is 10.2 Å². The zero-order valence-corrected chi connectivity index (χ0v) is 13.3. The predicted molar refractivity (Wildman–Crippen MR) is 82.7 cm³/mol. The van der Waals surface area contributed by atoms with Crippen LogP contribution < -0.4 is 10.2 Å². The maximum atomic E-state index is 14.2. The Hall–Kier alpha value is -1.20. The molecule has 1 aliphatic heterocycles. The van der Waals surface area contributed by atoms with Gasteiger partial charge in [-0.15, -0.1) is 0 Å².